The van der Waals surface area contributed by atoms with E-state index in [9.17, 15) is 4.39 Å². The van der Waals surface area contributed by atoms with Crippen molar-refractivity contribution in [2.75, 3.05) is 6.54 Å². The van der Waals surface area contributed by atoms with E-state index in [2.05, 4.69) is 26.1 Å². The summed E-state index contributed by atoms with van der Waals surface area (Å²) in [6.45, 7) is 8.92. The molecule has 0 aromatic carbocycles. The SMILES string of the molecule is CC1=C/C(=C/NCC(C)(C)C)C(=N)C=C1F. The first-order valence-electron chi connectivity index (χ1n) is 5.38. The molecule has 0 atom stereocenters. The molecule has 0 fully saturated rings. The van der Waals surface area contributed by atoms with Crippen molar-refractivity contribution in [1.82, 2.24) is 5.32 Å². The molecule has 0 saturated carbocycles. The van der Waals surface area contributed by atoms with Crippen LogP contribution in [0, 0.1) is 10.8 Å². The maximum absolute atomic E-state index is 13.1. The molecule has 1 aliphatic rings. The zero-order valence-corrected chi connectivity index (χ0v) is 10.3. The summed E-state index contributed by atoms with van der Waals surface area (Å²) >= 11 is 0. The van der Waals surface area contributed by atoms with E-state index < -0.39 is 0 Å². The summed E-state index contributed by atoms with van der Waals surface area (Å²) < 4.78 is 13.1. The van der Waals surface area contributed by atoms with Crippen LogP contribution in [0.15, 0.2) is 35.3 Å². The molecule has 2 N–H and O–H groups in total. The topological polar surface area (TPSA) is 35.9 Å². The van der Waals surface area contributed by atoms with Crippen molar-refractivity contribution in [2.24, 2.45) is 5.41 Å². The van der Waals surface area contributed by atoms with Gasteiger partial charge in [-0.2, -0.15) is 0 Å². The summed E-state index contributed by atoms with van der Waals surface area (Å²) in [5, 5.41) is 10.8. The molecule has 1 aliphatic carbocycles. The Morgan fingerprint density at radius 1 is 1.38 bits per heavy atom. The Hall–Kier alpha value is -1.38. The highest BCUT2D eigenvalue weighted by molar-refractivity contribution is 6.10. The molecule has 0 amide bonds. The summed E-state index contributed by atoms with van der Waals surface area (Å²) in [6.07, 6.45) is 4.72. The molecule has 0 aromatic rings. The second-order valence-electron chi connectivity index (χ2n) is 5.27. The maximum atomic E-state index is 13.1. The van der Waals surface area contributed by atoms with E-state index in [1.807, 2.05) is 0 Å². The molecule has 16 heavy (non-hydrogen) atoms. The summed E-state index contributed by atoms with van der Waals surface area (Å²) in [5.74, 6) is -0.321. The minimum absolute atomic E-state index is 0.188. The minimum atomic E-state index is -0.321. The minimum Gasteiger partial charge on any atom is -0.390 e. The Morgan fingerprint density at radius 2 is 2.00 bits per heavy atom. The lowest BCUT2D eigenvalue weighted by molar-refractivity contribution is 0.402. The highest BCUT2D eigenvalue weighted by Crippen LogP contribution is 2.20. The van der Waals surface area contributed by atoms with Gasteiger partial charge in [0.15, 0.2) is 0 Å². The molecule has 1 rings (SSSR count). The second kappa shape index (κ2) is 4.64. The van der Waals surface area contributed by atoms with Crippen LogP contribution in [0.25, 0.3) is 0 Å². The average molecular weight is 222 g/mol. The first-order valence-corrected chi connectivity index (χ1v) is 5.38. The molecule has 0 saturated heterocycles. The second-order valence-corrected chi connectivity index (χ2v) is 5.27. The van der Waals surface area contributed by atoms with Gasteiger partial charge >= 0.3 is 0 Å². The molecule has 88 valence electrons. The fraction of sp³-hybridized carbons (Fsp3) is 0.462. The van der Waals surface area contributed by atoms with Crippen LogP contribution in [-0.4, -0.2) is 12.3 Å². The summed E-state index contributed by atoms with van der Waals surface area (Å²) in [7, 11) is 0. The van der Waals surface area contributed by atoms with Gasteiger partial charge in [0, 0.05) is 18.3 Å². The fourth-order valence-electron chi connectivity index (χ4n) is 1.29. The third kappa shape index (κ3) is 3.65. The van der Waals surface area contributed by atoms with Crippen LogP contribution in [0.2, 0.25) is 0 Å². The quantitative estimate of drug-likeness (QED) is 0.738. The molecule has 0 heterocycles. The van der Waals surface area contributed by atoms with Crippen molar-refractivity contribution in [3.8, 4) is 0 Å². The van der Waals surface area contributed by atoms with E-state index in [4.69, 9.17) is 5.41 Å². The van der Waals surface area contributed by atoms with Crippen molar-refractivity contribution in [3.05, 3.63) is 35.3 Å². The lowest BCUT2D eigenvalue weighted by Crippen LogP contribution is -2.23. The van der Waals surface area contributed by atoms with Crippen molar-refractivity contribution >= 4 is 5.71 Å². The van der Waals surface area contributed by atoms with Crippen LogP contribution in [0.5, 0.6) is 0 Å². The van der Waals surface area contributed by atoms with Crippen LogP contribution in [0.3, 0.4) is 0 Å². The highest BCUT2D eigenvalue weighted by Gasteiger charge is 2.12. The zero-order chi connectivity index (χ0) is 12.3. The van der Waals surface area contributed by atoms with E-state index >= 15 is 0 Å². The Bertz CT molecular complexity index is 381. The lowest BCUT2D eigenvalue weighted by atomic mass is 9.97. The van der Waals surface area contributed by atoms with Crippen LogP contribution in [0.4, 0.5) is 4.39 Å². The van der Waals surface area contributed by atoms with Crippen LogP contribution in [-0.2, 0) is 0 Å². The molecule has 0 bridgehead atoms. The number of nitrogens with one attached hydrogen (secondary N) is 2. The van der Waals surface area contributed by atoms with Crippen molar-refractivity contribution in [3.63, 3.8) is 0 Å². The number of rotatable bonds is 2. The number of hydrogen-bond donors (Lipinski definition) is 2. The molecule has 0 aromatic heterocycles. The third-order valence-electron chi connectivity index (χ3n) is 2.22. The van der Waals surface area contributed by atoms with Gasteiger partial charge in [-0.3, -0.25) is 0 Å². The zero-order valence-electron chi connectivity index (χ0n) is 10.3. The molecule has 0 radical (unpaired) electrons. The normalized spacial score (nSPS) is 19.6. The Kier molecular flexibility index (Phi) is 3.68. The monoisotopic (exact) mass is 222 g/mol. The molecule has 0 spiro atoms. The van der Waals surface area contributed by atoms with Gasteiger partial charge in [0.2, 0.25) is 0 Å². The first-order chi connectivity index (χ1) is 7.29. The predicted octanol–water partition coefficient (Wildman–Crippen LogP) is 3.34. The summed E-state index contributed by atoms with van der Waals surface area (Å²) in [6, 6.07) is 0. The third-order valence-corrected chi connectivity index (χ3v) is 2.22. The molecule has 0 unspecified atom stereocenters. The maximum Gasteiger partial charge on any atom is 0.128 e. The highest BCUT2D eigenvalue weighted by atomic mass is 19.1. The Balaban J connectivity index is 2.69. The van der Waals surface area contributed by atoms with Gasteiger partial charge in [-0.05, 0) is 30.1 Å². The first kappa shape index (κ1) is 12.7. The van der Waals surface area contributed by atoms with Crippen LogP contribution >= 0.6 is 0 Å². The largest absolute Gasteiger partial charge is 0.390 e. The smallest absolute Gasteiger partial charge is 0.128 e. The van der Waals surface area contributed by atoms with E-state index in [1.54, 1.807) is 19.2 Å². The molecule has 2 nitrogen and oxygen atoms in total. The van der Waals surface area contributed by atoms with E-state index in [0.29, 0.717) is 5.57 Å². The van der Waals surface area contributed by atoms with Crippen molar-refractivity contribution in [2.45, 2.75) is 27.7 Å². The van der Waals surface area contributed by atoms with Gasteiger partial charge in [-0.1, -0.05) is 20.8 Å². The molecular formula is C13H19FN2. The van der Waals surface area contributed by atoms with E-state index in [0.717, 1.165) is 12.1 Å². The number of allylic oxidation sites excluding steroid dienone is 5. The van der Waals surface area contributed by atoms with Gasteiger partial charge < -0.3 is 10.7 Å². The Morgan fingerprint density at radius 3 is 2.56 bits per heavy atom. The van der Waals surface area contributed by atoms with E-state index in [1.165, 1.54) is 6.08 Å². The molecule has 3 heteroatoms. The Labute approximate surface area is 96.4 Å². The molecule has 0 aliphatic heterocycles. The predicted molar refractivity (Wildman–Crippen MR) is 66.2 cm³/mol. The average Bonchev–Trinajstić information content (AvgIpc) is 2.11. The van der Waals surface area contributed by atoms with Crippen molar-refractivity contribution < 1.29 is 4.39 Å². The fourth-order valence-corrected chi connectivity index (χ4v) is 1.29. The number of hydrogen-bond acceptors (Lipinski definition) is 2. The van der Waals surface area contributed by atoms with Gasteiger partial charge in [-0.25, -0.2) is 4.39 Å². The van der Waals surface area contributed by atoms with Crippen LogP contribution in [0.1, 0.15) is 27.7 Å². The number of halogens is 1. The van der Waals surface area contributed by atoms with E-state index in [-0.39, 0.29) is 17.0 Å². The lowest BCUT2D eigenvalue weighted by Gasteiger charge is -2.18. The van der Waals surface area contributed by atoms with Crippen molar-refractivity contribution in [1.29, 1.82) is 5.41 Å². The summed E-state index contributed by atoms with van der Waals surface area (Å²) in [5.41, 5.74) is 1.70. The summed E-state index contributed by atoms with van der Waals surface area (Å²) in [4.78, 5) is 0. The molecular weight excluding hydrogens is 203 g/mol. The van der Waals surface area contributed by atoms with Gasteiger partial charge in [0.25, 0.3) is 0 Å². The van der Waals surface area contributed by atoms with Gasteiger partial charge in [-0.15, -0.1) is 0 Å². The van der Waals surface area contributed by atoms with Gasteiger partial charge in [0.05, 0.1) is 5.71 Å². The van der Waals surface area contributed by atoms with Gasteiger partial charge in [0.1, 0.15) is 5.83 Å². The van der Waals surface area contributed by atoms with Crippen LogP contribution < -0.4 is 5.32 Å². The standard InChI is InChI=1S/C13H19FN2/c1-9-5-10(12(15)6-11(9)14)7-16-8-13(2,3)4/h5-7,15-16H,8H2,1-4H3/b10-7-,15-12?.